The Labute approximate surface area is 139 Å². The Hall–Kier alpha value is -2.89. The van der Waals surface area contributed by atoms with Gasteiger partial charge in [0.1, 0.15) is 0 Å². The summed E-state index contributed by atoms with van der Waals surface area (Å²) in [6.45, 7) is 1.00. The fraction of sp³-hybridized carbons (Fsp3) is 0.278. The number of para-hydroxylation sites is 1. The fourth-order valence-electron chi connectivity index (χ4n) is 3.59. The third kappa shape index (κ3) is 2.14. The molecule has 3 heterocycles. The summed E-state index contributed by atoms with van der Waals surface area (Å²) in [4.78, 5) is 26.8. The molecule has 1 N–H and O–H groups in total. The maximum Gasteiger partial charge on any atom is 0.246 e. The highest BCUT2D eigenvalue weighted by Crippen LogP contribution is 2.44. The van der Waals surface area contributed by atoms with Crippen LogP contribution in [0.1, 0.15) is 17.7 Å². The second-order valence-corrected chi connectivity index (χ2v) is 6.30. The van der Waals surface area contributed by atoms with E-state index in [4.69, 9.17) is 0 Å². The van der Waals surface area contributed by atoms with Crippen molar-refractivity contribution in [3.8, 4) is 0 Å². The summed E-state index contributed by atoms with van der Waals surface area (Å²) in [7, 11) is 1.83. The van der Waals surface area contributed by atoms with Crippen LogP contribution in [0.3, 0.4) is 0 Å². The minimum atomic E-state index is -0.605. The van der Waals surface area contributed by atoms with E-state index >= 15 is 0 Å². The number of benzene rings is 1. The van der Waals surface area contributed by atoms with Gasteiger partial charge in [-0.25, -0.2) is 0 Å². The van der Waals surface area contributed by atoms with Gasteiger partial charge in [-0.2, -0.15) is 5.10 Å². The number of carbonyl (C=O) groups is 2. The van der Waals surface area contributed by atoms with Gasteiger partial charge >= 0.3 is 0 Å². The first-order chi connectivity index (χ1) is 11.6. The largest absolute Gasteiger partial charge is 0.338 e. The first-order valence-electron chi connectivity index (χ1n) is 7.96. The molecule has 2 aliphatic rings. The number of nitrogens with zero attached hydrogens (tertiary/aromatic N) is 3. The van der Waals surface area contributed by atoms with Gasteiger partial charge in [0.15, 0.2) is 0 Å². The van der Waals surface area contributed by atoms with Crippen molar-refractivity contribution in [3.63, 3.8) is 0 Å². The van der Waals surface area contributed by atoms with Crippen molar-refractivity contribution in [2.75, 3.05) is 18.4 Å². The van der Waals surface area contributed by atoms with Crippen LogP contribution in [0.5, 0.6) is 0 Å². The number of rotatable bonds is 2. The molecular formula is C18H18N4O2. The normalized spacial score (nSPS) is 22.4. The minimum Gasteiger partial charge on any atom is -0.338 e. The summed E-state index contributed by atoms with van der Waals surface area (Å²) in [5.41, 5.74) is 2.12. The summed E-state index contributed by atoms with van der Waals surface area (Å²) >= 11 is 0. The van der Waals surface area contributed by atoms with E-state index in [0.717, 1.165) is 16.9 Å². The van der Waals surface area contributed by atoms with Crippen molar-refractivity contribution in [2.24, 2.45) is 7.05 Å². The van der Waals surface area contributed by atoms with Crippen LogP contribution in [0.2, 0.25) is 0 Å². The maximum absolute atomic E-state index is 12.5. The van der Waals surface area contributed by atoms with Crippen LogP contribution in [-0.4, -0.2) is 39.6 Å². The van der Waals surface area contributed by atoms with Crippen LogP contribution in [0, 0.1) is 0 Å². The molecule has 0 bridgehead atoms. The van der Waals surface area contributed by atoms with E-state index in [1.807, 2.05) is 37.4 Å². The van der Waals surface area contributed by atoms with Crippen molar-refractivity contribution in [2.45, 2.75) is 11.8 Å². The van der Waals surface area contributed by atoms with Gasteiger partial charge in [-0.3, -0.25) is 14.3 Å². The summed E-state index contributed by atoms with van der Waals surface area (Å²) in [6.07, 6.45) is 5.65. The molecule has 6 heteroatoms. The van der Waals surface area contributed by atoms with Crippen LogP contribution in [0.25, 0.3) is 6.08 Å². The number of aromatic nitrogens is 2. The number of carbonyl (C=O) groups excluding carboxylic acids is 2. The molecule has 1 fully saturated rings. The average Bonchev–Trinajstić information content (AvgIpc) is 3.26. The first-order valence-corrected chi connectivity index (χ1v) is 7.96. The van der Waals surface area contributed by atoms with E-state index in [9.17, 15) is 9.59 Å². The van der Waals surface area contributed by atoms with E-state index in [2.05, 4.69) is 10.4 Å². The minimum absolute atomic E-state index is 0.00499. The number of amides is 2. The molecule has 1 unspecified atom stereocenters. The molecule has 24 heavy (non-hydrogen) atoms. The number of likely N-dealkylation sites (tertiary alicyclic amines) is 1. The summed E-state index contributed by atoms with van der Waals surface area (Å²) in [6, 6.07) is 9.58. The quantitative estimate of drug-likeness (QED) is 0.853. The SMILES string of the molecule is Cn1nccc1/C=C/C(=O)N1CCC2(C1)C(=O)Nc1ccccc12. The number of anilines is 1. The van der Waals surface area contributed by atoms with Gasteiger partial charge in [0.2, 0.25) is 11.8 Å². The highest BCUT2D eigenvalue weighted by atomic mass is 16.2. The molecule has 0 radical (unpaired) electrons. The summed E-state index contributed by atoms with van der Waals surface area (Å²) in [5.74, 6) is -0.0835. The molecule has 122 valence electrons. The lowest BCUT2D eigenvalue weighted by Gasteiger charge is -2.21. The molecule has 1 aromatic heterocycles. The summed E-state index contributed by atoms with van der Waals surface area (Å²) in [5, 5.41) is 7.02. The van der Waals surface area contributed by atoms with Gasteiger partial charge in [-0.15, -0.1) is 0 Å². The molecule has 2 aromatic rings. The molecule has 1 saturated heterocycles. The Kier molecular flexibility index (Phi) is 3.26. The van der Waals surface area contributed by atoms with Gasteiger partial charge < -0.3 is 10.2 Å². The van der Waals surface area contributed by atoms with Gasteiger partial charge in [-0.1, -0.05) is 18.2 Å². The Balaban J connectivity index is 1.55. The van der Waals surface area contributed by atoms with E-state index in [1.165, 1.54) is 0 Å². The Bertz CT molecular complexity index is 854. The highest BCUT2D eigenvalue weighted by Gasteiger charge is 2.51. The second kappa shape index (κ2) is 5.33. The molecule has 0 saturated carbocycles. The molecule has 4 rings (SSSR count). The predicted molar refractivity (Wildman–Crippen MR) is 90.2 cm³/mol. The lowest BCUT2D eigenvalue weighted by Crippen LogP contribution is -2.38. The molecular weight excluding hydrogens is 304 g/mol. The van der Waals surface area contributed by atoms with Crippen molar-refractivity contribution >= 4 is 23.6 Å². The fourth-order valence-corrected chi connectivity index (χ4v) is 3.59. The smallest absolute Gasteiger partial charge is 0.246 e. The third-order valence-corrected chi connectivity index (χ3v) is 4.96. The van der Waals surface area contributed by atoms with Crippen LogP contribution in [-0.2, 0) is 22.1 Å². The number of nitrogens with one attached hydrogen (secondary N) is 1. The van der Waals surface area contributed by atoms with Crippen molar-refractivity contribution < 1.29 is 9.59 Å². The molecule has 6 nitrogen and oxygen atoms in total. The van der Waals surface area contributed by atoms with Gasteiger partial charge in [-0.05, 0) is 30.2 Å². The molecule has 1 aromatic carbocycles. The van der Waals surface area contributed by atoms with Crippen molar-refractivity contribution in [3.05, 3.63) is 53.9 Å². The van der Waals surface area contributed by atoms with E-state index in [0.29, 0.717) is 19.5 Å². The molecule has 0 aliphatic carbocycles. The van der Waals surface area contributed by atoms with Crippen LogP contribution >= 0.6 is 0 Å². The zero-order valence-corrected chi connectivity index (χ0v) is 13.4. The molecule has 2 aliphatic heterocycles. The maximum atomic E-state index is 12.5. The molecule has 1 spiro atoms. The number of aryl methyl sites for hydroxylation is 1. The molecule has 1 atom stereocenters. The standard InChI is InChI=1S/C18H18N4O2/c1-21-13(8-10-19-21)6-7-16(23)22-11-9-18(12-22)14-4-2-3-5-15(14)20-17(18)24/h2-8,10H,9,11-12H2,1H3,(H,20,24)/b7-6+. The second-order valence-electron chi connectivity index (χ2n) is 6.30. The van der Waals surface area contributed by atoms with Gasteiger partial charge in [0.25, 0.3) is 0 Å². The first kappa shape index (κ1) is 14.7. The van der Waals surface area contributed by atoms with Crippen LogP contribution in [0.4, 0.5) is 5.69 Å². The van der Waals surface area contributed by atoms with Crippen LogP contribution in [0.15, 0.2) is 42.6 Å². The topological polar surface area (TPSA) is 67.2 Å². The number of hydrogen-bond acceptors (Lipinski definition) is 3. The van der Waals surface area contributed by atoms with Gasteiger partial charge in [0.05, 0.1) is 11.1 Å². The predicted octanol–water partition coefficient (Wildman–Crippen LogP) is 1.56. The zero-order chi connectivity index (χ0) is 16.7. The van der Waals surface area contributed by atoms with E-state index < -0.39 is 5.41 Å². The van der Waals surface area contributed by atoms with Crippen molar-refractivity contribution in [1.82, 2.24) is 14.7 Å². The number of fused-ring (bicyclic) bond motifs is 2. The highest BCUT2D eigenvalue weighted by molar-refractivity contribution is 6.07. The Morgan fingerprint density at radius 2 is 2.17 bits per heavy atom. The number of hydrogen-bond donors (Lipinski definition) is 1. The van der Waals surface area contributed by atoms with E-state index in [-0.39, 0.29) is 11.8 Å². The average molecular weight is 322 g/mol. The summed E-state index contributed by atoms with van der Waals surface area (Å²) < 4.78 is 1.70. The lowest BCUT2D eigenvalue weighted by atomic mass is 9.81. The van der Waals surface area contributed by atoms with Crippen molar-refractivity contribution in [1.29, 1.82) is 0 Å². The monoisotopic (exact) mass is 322 g/mol. The Morgan fingerprint density at radius 1 is 1.33 bits per heavy atom. The molecule has 2 amide bonds. The van der Waals surface area contributed by atoms with Gasteiger partial charge in [0, 0.05) is 38.1 Å². The third-order valence-electron chi connectivity index (χ3n) is 4.96. The zero-order valence-electron chi connectivity index (χ0n) is 13.4. The van der Waals surface area contributed by atoms with E-state index in [1.54, 1.807) is 27.9 Å². The Morgan fingerprint density at radius 3 is 2.96 bits per heavy atom. The van der Waals surface area contributed by atoms with Crippen LogP contribution < -0.4 is 5.32 Å². The lowest BCUT2D eigenvalue weighted by molar-refractivity contribution is -0.125.